The number of carbonyl (C=O) groups is 2. The van der Waals surface area contributed by atoms with Gasteiger partial charge in [0, 0.05) is 43.0 Å². The molecule has 6 nitrogen and oxygen atoms in total. The standard InChI is InChI=1S/C26H34N4O2/c1-16-12-17(2)29-23(16)14-22-21-10-6-18(7-11-25(31)28-3)13-24(21)30(26(22)32)15-19-4-8-20(27)9-5-19/h6,10,12-14,19-20,29H,4-5,7-9,11,15,27H2,1-3H3,(H,28,31)/b22-14-. The predicted molar refractivity (Wildman–Crippen MR) is 129 cm³/mol. The van der Waals surface area contributed by atoms with Gasteiger partial charge in [0.1, 0.15) is 0 Å². The molecule has 2 amide bonds. The maximum Gasteiger partial charge on any atom is 0.259 e. The lowest BCUT2D eigenvalue weighted by Crippen LogP contribution is -2.36. The van der Waals surface area contributed by atoms with E-state index >= 15 is 0 Å². The smallest absolute Gasteiger partial charge is 0.259 e. The lowest BCUT2D eigenvalue weighted by atomic mass is 9.86. The van der Waals surface area contributed by atoms with Crippen LogP contribution < -0.4 is 16.0 Å². The van der Waals surface area contributed by atoms with Crippen molar-refractivity contribution in [2.24, 2.45) is 11.7 Å². The van der Waals surface area contributed by atoms with Crippen molar-refractivity contribution in [2.75, 3.05) is 18.5 Å². The van der Waals surface area contributed by atoms with E-state index in [1.807, 2.05) is 30.0 Å². The Morgan fingerprint density at radius 1 is 1.22 bits per heavy atom. The first kappa shape index (κ1) is 22.3. The monoisotopic (exact) mass is 434 g/mol. The molecule has 2 aromatic rings. The van der Waals surface area contributed by atoms with Gasteiger partial charge in [-0.2, -0.15) is 0 Å². The zero-order chi connectivity index (χ0) is 22.8. The van der Waals surface area contributed by atoms with Crippen LogP contribution in [0.25, 0.3) is 11.6 Å². The van der Waals surface area contributed by atoms with Crippen LogP contribution in [0.1, 0.15) is 60.2 Å². The Labute approximate surface area is 190 Å². The number of aromatic amines is 1. The van der Waals surface area contributed by atoms with Gasteiger partial charge in [-0.3, -0.25) is 9.59 Å². The van der Waals surface area contributed by atoms with E-state index in [-0.39, 0.29) is 11.8 Å². The van der Waals surface area contributed by atoms with Crippen molar-refractivity contribution in [1.82, 2.24) is 10.3 Å². The van der Waals surface area contributed by atoms with Gasteiger partial charge in [0.25, 0.3) is 5.91 Å². The van der Waals surface area contributed by atoms with Crippen molar-refractivity contribution < 1.29 is 9.59 Å². The van der Waals surface area contributed by atoms with E-state index in [1.54, 1.807) is 7.05 Å². The number of H-pyrrole nitrogens is 1. The molecule has 0 unspecified atom stereocenters. The summed E-state index contributed by atoms with van der Waals surface area (Å²) in [5.74, 6) is 0.551. The number of benzene rings is 1. The number of hydrogen-bond acceptors (Lipinski definition) is 3. The number of hydrogen-bond donors (Lipinski definition) is 3. The fourth-order valence-corrected chi connectivity index (χ4v) is 4.93. The molecule has 0 saturated heterocycles. The number of nitrogens with zero attached hydrogens (tertiary/aromatic N) is 1. The molecular formula is C26H34N4O2. The Kier molecular flexibility index (Phi) is 6.51. The van der Waals surface area contributed by atoms with Gasteiger partial charge in [-0.25, -0.2) is 0 Å². The van der Waals surface area contributed by atoms with Crippen molar-refractivity contribution in [3.63, 3.8) is 0 Å². The third kappa shape index (κ3) is 4.65. The molecule has 6 heteroatoms. The minimum absolute atomic E-state index is 0.0233. The third-order valence-corrected chi connectivity index (χ3v) is 6.85. The number of rotatable bonds is 6. The molecule has 2 heterocycles. The van der Waals surface area contributed by atoms with Crippen LogP contribution in [-0.4, -0.2) is 36.4 Å². The van der Waals surface area contributed by atoms with E-state index < -0.39 is 0 Å². The summed E-state index contributed by atoms with van der Waals surface area (Å²) >= 11 is 0. The minimum atomic E-state index is 0.0233. The molecule has 0 spiro atoms. The van der Waals surface area contributed by atoms with Crippen LogP contribution in [0.5, 0.6) is 0 Å². The normalized spacial score (nSPS) is 21.8. The van der Waals surface area contributed by atoms with Crippen LogP contribution in [-0.2, 0) is 16.0 Å². The largest absolute Gasteiger partial charge is 0.359 e. The van der Waals surface area contributed by atoms with E-state index in [4.69, 9.17) is 5.73 Å². The van der Waals surface area contributed by atoms with Gasteiger partial charge < -0.3 is 20.9 Å². The number of nitrogens with two attached hydrogens (primary N) is 1. The van der Waals surface area contributed by atoms with Crippen LogP contribution >= 0.6 is 0 Å². The zero-order valence-corrected chi connectivity index (χ0v) is 19.3. The molecule has 1 aromatic heterocycles. The van der Waals surface area contributed by atoms with E-state index in [9.17, 15) is 9.59 Å². The van der Waals surface area contributed by atoms with Crippen LogP contribution in [0.2, 0.25) is 0 Å². The summed E-state index contributed by atoms with van der Waals surface area (Å²) in [6, 6.07) is 8.56. The highest BCUT2D eigenvalue weighted by molar-refractivity contribution is 6.35. The fraction of sp³-hybridized carbons (Fsp3) is 0.462. The third-order valence-electron chi connectivity index (χ3n) is 6.85. The number of nitrogens with one attached hydrogen (secondary N) is 2. The molecule has 1 aliphatic carbocycles. The van der Waals surface area contributed by atoms with Gasteiger partial charge >= 0.3 is 0 Å². The molecule has 32 heavy (non-hydrogen) atoms. The van der Waals surface area contributed by atoms with Crippen molar-refractivity contribution in [1.29, 1.82) is 0 Å². The van der Waals surface area contributed by atoms with E-state index in [0.717, 1.165) is 71.6 Å². The summed E-state index contributed by atoms with van der Waals surface area (Å²) in [4.78, 5) is 30.6. The maximum absolute atomic E-state index is 13.6. The second-order valence-electron chi connectivity index (χ2n) is 9.33. The SMILES string of the molecule is CNC(=O)CCc1ccc2c(c1)N(CC1CCC(N)CC1)C(=O)/C2=C\c1[nH]c(C)cc1C. The Morgan fingerprint density at radius 3 is 2.62 bits per heavy atom. The average Bonchev–Trinajstić information content (AvgIpc) is 3.23. The van der Waals surface area contributed by atoms with Crippen molar-refractivity contribution in [2.45, 2.75) is 58.4 Å². The average molecular weight is 435 g/mol. The number of anilines is 1. The number of carbonyl (C=O) groups excluding carboxylic acids is 2. The summed E-state index contributed by atoms with van der Waals surface area (Å²) in [6.07, 6.45) is 7.25. The molecule has 1 aromatic carbocycles. The van der Waals surface area contributed by atoms with Crippen LogP contribution in [0.15, 0.2) is 24.3 Å². The highest BCUT2D eigenvalue weighted by Gasteiger charge is 2.35. The lowest BCUT2D eigenvalue weighted by molar-refractivity contribution is -0.120. The molecular weight excluding hydrogens is 400 g/mol. The topological polar surface area (TPSA) is 91.2 Å². The predicted octanol–water partition coefficient (Wildman–Crippen LogP) is 3.71. The molecule has 0 atom stereocenters. The summed E-state index contributed by atoms with van der Waals surface area (Å²) in [5, 5.41) is 2.68. The van der Waals surface area contributed by atoms with Gasteiger partial charge in [-0.15, -0.1) is 0 Å². The molecule has 4 N–H and O–H groups in total. The Bertz CT molecular complexity index is 1040. The highest BCUT2D eigenvalue weighted by atomic mass is 16.2. The number of aryl methyl sites for hydroxylation is 3. The summed E-state index contributed by atoms with van der Waals surface area (Å²) in [5.41, 5.74) is 13.0. The van der Waals surface area contributed by atoms with E-state index in [0.29, 0.717) is 24.8 Å². The molecule has 0 bridgehead atoms. The molecule has 2 aliphatic rings. The van der Waals surface area contributed by atoms with Gasteiger partial charge in [-0.1, -0.05) is 12.1 Å². The Morgan fingerprint density at radius 2 is 1.97 bits per heavy atom. The van der Waals surface area contributed by atoms with E-state index in [2.05, 4.69) is 29.4 Å². The van der Waals surface area contributed by atoms with Gasteiger partial charge in [0.05, 0.1) is 11.3 Å². The lowest BCUT2D eigenvalue weighted by Gasteiger charge is -2.30. The second-order valence-corrected chi connectivity index (χ2v) is 9.33. The minimum Gasteiger partial charge on any atom is -0.359 e. The Hall–Kier alpha value is -2.86. The molecule has 1 aliphatic heterocycles. The highest BCUT2D eigenvalue weighted by Crippen LogP contribution is 2.40. The summed E-state index contributed by atoms with van der Waals surface area (Å²) in [7, 11) is 1.66. The first-order valence-electron chi connectivity index (χ1n) is 11.6. The fourth-order valence-electron chi connectivity index (χ4n) is 4.93. The summed E-state index contributed by atoms with van der Waals surface area (Å²) in [6.45, 7) is 4.80. The van der Waals surface area contributed by atoms with E-state index in [1.165, 1.54) is 0 Å². The maximum atomic E-state index is 13.6. The number of aromatic nitrogens is 1. The molecule has 170 valence electrons. The van der Waals surface area contributed by atoms with Crippen molar-refractivity contribution in [3.8, 4) is 0 Å². The van der Waals surface area contributed by atoms with Crippen LogP contribution in [0, 0.1) is 19.8 Å². The quantitative estimate of drug-likeness (QED) is 0.605. The van der Waals surface area contributed by atoms with Crippen LogP contribution in [0.4, 0.5) is 5.69 Å². The first-order valence-corrected chi connectivity index (χ1v) is 11.6. The first-order chi connectivity index (χ1) is 15.4. The molecule has 0 radical (unpaired) electrons. The molecule has 1 fully saturated rings. The zero-order valence-electron chi connectivity index (χ0n) is 19.3. The number of fused-ring (bicyclic) bond motifs is 1. The van der Waals surface area contributed by atoms with Gasteiger partial charge in [-0.05, 0) is 81.2 Å². The second kappa shape index (κ2) is 9.33. The van der Waals surface area contributed by atoms with Gasteiger partial charge in [0.2, 0.25) is 5.91 Å². The van der Waals surface area contributed by atoms with Crippen molar-refractivity contribution in [3.05, 3.63) is 52.3 Å². The van der Waals surface area contributed by atoms with Gasteiger partial charge in [0.15, 0.2) is 0 Å². The Balaban J connectivity index is 1.67. The van der Waals surface area contributed by atoms with Crippen molar-refractivity contribution >= 4 is 29.2 Å². The molecule has 1 saturated carbocycles. The summed E-state index contributed by atoms with van der Waals surface area (Å²) < 4.78 is 0. The number of amides is 2. The van der Waals surface area contributed by atoms with Crippen LogP contribution in [0.3, 0.4) is 0 Å². The molecule has 4 rings (SSSR count).